The predicted molar refractivity (Wildman–Crippen MR) is 118 cm³/mol. The number of carbonyl (C=O) groups is 1. The van der Waals surface area contributed by atoms with Crippen molar-refractivity contribution in [3.63, 3.8) is 0 Å². The molecule has 2 heterocycles. The van der Waals surface area contributed by atoms with Crippen molar-refractivity contribution in [1.82, 2.24) is 9.97 Å². The summed E-state index contributed by atoms with van der Waals surface area (Å²) in [5.74, 6) is 1.23. The molecule has 1 fully saturated rings. The lowest BCUT2D eigenvalue weighted by atomic mass is 10.3. The second-order valence-corrected chi connectivity index (χ2v) is 9.07. The lowest BCUT2D eigenvalue weighted by Crippen LogP contribution is -2.14. The van der Waals surface area contributed by atoms with Crippen molar-refractivity contribution in [2.75, 3.05) is 10.6 Å². The Morgan fingerprint density at radius 1 is 1.16 bits per heavy atom. The Kier molecular flexibility index (Phi) is 5.06. The predicted octanol–water partition coefficient (Wildman–Crippen LogP) is 3.88. The monoisotopic (exact) mass is 452 g/mol. The van der Waals surface area contributed by atoms with Crippen LogP contribution < -0.4 is 14.8 Å². The molecule has 0 saturated heterocycles. The molecule has 5 rings (SSSR count). The van der Waals surface area contributed by atoms with Gasteiger partial charge in [0.2, 0.25) is 11.9 Å². The number of aromatic amines is 1. The van der Waals surface area contributed by atoms with E-state index in [9.17, 15) is 13.2 Å². The topological polar surface area (TPSA) is 126 Å². The van der Waals surface area contributed by atoms with Gasteiger partial charge in [-0.15, -0.1) is 0 Å². The maximum absolute atomic E-state index is 12.7. The van der Waals surface area contributed by atoms with Crippen molar-refractivity contribution in [3.8, 4) is 5.75 Å². The number of imidazole rings is 1. The third-order valence-corrected chi connectivity index (χ3v) is 6.30. The highest BCUT2D eigenvalue weighted by atomic mass is 32.2. The van der Waals surface area contributed by atoms with Gasteiger partial charge in [-0.25, -0.2) is 4.98 Å². The van der Waals surface area contributed by atoms with Gasteiger partial charge in [-0.1, -0.05) is 0 Å². The number of rotatable bonds is 8. The summed E-state index contributed by atoms with van der Waals surface area (Å²) >= 11 is 0. The molecule has 0 unspecified atom stereocenters. The van der Waals surface area contributed by atoms with Gasteiger partial charge in [0.05, 0.1) is 23.8 Å². The summed E-state index contributed by atoms with van der Waals surface area (Å²) in [7, 11) is -4.02. The average Bonchev–Trinajstić information content (AvgIpc) is 3.35. The molecular weight excluding hydrogens is 432 g/mol. The number of furan rings is 1. The maximum Gasteiger partial charge on any atom is 0.339 e. The van der Waals surface area contributed by atoms with Crippen LogP contribution in [-0.4, -0.2) is 24.3 Å². The SMILES string of the molecule is O=C(Nc1nc2ccc(OS(=O)(=O)c3ccc(NCc4ccco4)cc3)cc2[nH]1)C1CC1. The molecule has 1 amide bonds. The first-order valence-electron chi connectivity index (χ1n) is 10.1. The lowest BCUT2D eigenvalue weighted by Gasteiger charge is -2.09. The highest BCUT2D eigenvalue weighted by Crippen LogP contribution is 2.30. The van der Waals surface area contributed by atoms with Crippen LogP contribution in [-0.2, 0) is 21.5 Å². The van der Waals surface area contributed by atoms with E-state index in [4.69, 9.17) is 8.60 Å². The summed E-state index contributed by atoms with van der Waals surface area (Å²) in [5, 5.41) is 5.89. The van der Waals surface area contributed by atoms with Crippen LogP contribution in [0.2, 0.25) is 0 Å². The van der Waals surface area contributed by atoms with Gasteiger partial charge in [-0.3, -0.25) is 10.1 Å². The van der Waals surface area contributed by atoms with Crippen LogP contribution in [0.25, 0.3) is 11.0 Å². The largest absolute Gasteiger partial charge is 0.467 e. The van der Waals surface area contributed by atoms with E-state index in [1.807, 2.05) is 6.07 Å². The summed E-state index contributed by atoms with van der Waals surface area (Å²) in [6.45, 7) is 0.489. The fraction of sp³-hybridized carbons (Fsp3) is 0.182. The Hall–Kier alpha value is -3.79. The van der Waals surface area contributed by atoms with Gasteiger partial charge in [0.1, 0.15) is 16.4 Å². The first-order valence-corrected chi connectivity index (χ1v) is 11.5. The Bertz CT molecular complexity index is 1360. The maximum atomic E-state index is 12.7. The summed E-state index contributed by atoms with van der Waals surface area (Å²) in [6.07, 6.45) is 3.38. The number of hydrogen-bond donors (Lipinski definition) is 3. The van der Waals surface area contributed by atoms with Crippen molar-refractivity contribution >= 4 is 38.7 Å². The number of benzene rings is 2. The van der Waals surface area contributed by atoms with Crippen LogP contribution in [0.4, 0.5) is 11.6 Å². The van der Waals surface area contributed by atoms with Crippen LogP contribution in [0.1, 0.15) is 18.6 Å². The molecule has 9 nitrogen and oxygen atoms in total. The zero-order valence-corrected chi connectivity index (χ0v) is 17.7. The van der Waals surface area contributed by atoms with E-state index in [1.54, 1.807) is 30.5 Å². The number of carbonyl (C=O) groups excluding carboxylic acids is 1. The molecule has 0 bridgehead atoms. The van der Waals surface area contributed by atoms with Crippen molar-refractivity contribution < 1.29 is 21.8 Å². The number of anilines is 2. The Labute approximate surface area is 183 Å². The normalized spacial score (nSPS) is 13.8. The minimum Gasteiger partial charge on any atom is -0.467 e. The van der Waals surface area contributed by atoms with E-state index < -0.39 is 10.1 Å². The number of amides is 1. The van der Waals surface area contributed by atoms with E-state index in [0.717, 1.165) is 24.3 Å². The quantitative estimate of drug-likeness (QED) is 0.346. The molecule has 0 radical (unpaired) electrons. The minimum absolute atomic E-state index is 0.0307. The standard InChI is InChI=1S/C22H20N4O5S/c27-21(14-3-4-14)26-22-24-19-10-7-16(12-20(19)25-22)31-32(28,29)18-8-5-15(6-9-18)23-13-17-2-1-11-30-17/h1-2,5-12,14,23H,3-4,13H2,(H2,24,25,26,27). The number of aromatic nitrogens is 2. The van der Waals surface area contributed by atoms with E-state index in [1.165, 1.54) is 24.3 Å². The summed E-state index contributed by atoms with van der Waals surface area (Å²) in [5.41, 5.74) is 1.90. The fourth-order valence-electron chi connectivity index (χ4n) is 3.18. The van der Waals surface area contributed by atoms with Crippen molar-refractivity contribution in [2.45, 2.75) is 24.3 Å². The van der Waals surface area contributed by atoms with E-state index in [0.29, 0.717) is 23.5 Å². The Morgan fingerprint density at radius 3 is 2.69 bits per heavy atom. The third-order valence-electron chi connectivity index (χ3n) is 5.04. The molecule has 0 spiro atoms. The molecule has 4 aromatic rings. The van der Waals surface area contributed by atoms with Gasteiger partial charge >= 0.3 is 10.1 Å². The number of nitrogens with one attached hydrogen (secondary N) is 3. The molecule has 32 heavy (non-hydrogen) atoms. The minimum atomic E-state index is -4.02. The van der Waals surface area contributed by atoms with Gasteiger partial charge in [-0.05, 0) is 61.4 Å². The molecule has 10 heteroatoms. The summed E-state index contributed by atoms with van der Waals surface area (Å²) in [6, 6.07) is 14.6. The number of H-pyrrole nitrogens is 1. The molecule has 0 aliphatic heterocycles. The van der Waals surface area contributed by atoms with Crippen molar-refractivity contribution in [2.24, 2.45) is 5.92 Å². The molecule has 1 aliphatic carbocycles. The van der Waals surface area contributed by atoms with Crippen LogP contribution >= 0.6 is 0 Å². The number of nitrogens with zero attached hydrogens (tertiary/aromatic N) is 1. The molecule has 2 aromatic heterocycles. The molecule has 164 valence electrons. The van der Waals surface area contributed by atoms with Gasteiger partial charge < -0.3 is 18.9 Å². The molecule has 3 N–H and O–H groups in total. The highest BCUT2D eigenvalue weighted by molar-refractivity contribution is 7.87. The lowest BCUT2D eigenvalue weighted by molar-refractivity contribution is -0.117. The summed E-state index contributed by atoms with van der Waals surface area (Å²) < 4.78 is 35.9. The van der Waals surface area contributed by atoms with Crippen LogP contribution in [0, 0.1) is 5.92 Å². The van der Waals surface area contributed by atoms with Gasteiger partial charge in [-0.2, -0.15) is 8.42 Å². The Morgan fingerprint density at radius 2 is 1.97 bits per heavy atom. The first-order chi connectivity index (χ1) is 15.5. The zero-order chi connectivity index (χ0) is 22.1. The third kappa shape index (κ3) is 4.45. The first kappa shape index (κ1) is 20.1. The fourth-order valence-corrected chi connectivity index (χ4v) is 4.10. The van der Waals surface area contributed by atoms with Crippen molar-refractivity contribution in [3.05, 3.63) is 66.6 Å². The average molecular weight is 452 g/mol. The molecule has 1 aliphatic rings. The zero-order valence-electron chi connectivity index (χ0n) is 16.9. The van der Waals surface area contributed by atoms with Crippen molar-refractivity contribution in [1.29, 1.82) is 0 Å². The second kappa shape index (κ2) is 8.04. The van der Waals surface area contributed by atoms with Gasteiger partial charge in [0.25, 0.3) is 0 Å². The molecular formula is C22H20N4O5S. The van der Waals surface area contributed by atoms with Crippen LogP contribution in [0.3, 0.4) is 0 Å². The number of fused-ring (bicyclic) bond motifs is 1. The highest BCUT2D eigenvalue weighted by Gasteiger charge is 2.30. The second-order valence-electron chi connectivity index (χ2n) is 7.52. The van der Waals surface area contributed by atoms with Crippen LogP contribution in [0.5, 0.6) is 5.75 Å². The molecule has 1 saturated carbocycles. The number of hydrogen-bond acceptors (Lipinski definition) is 7. The van der Waals surface area contributed by atoms with Gasteiger partial charge in [0, 0.05) is 17.7 Å². The van der Waals surface area contributed by atoms with E-state index in [2.05, 4.69) is 20.6 Å². The summed E-state index contributed by atoms with van der Waals surface area (Å²) in [4.78, 5) is 19.2. The molecule has 2 aromatic carbocycles. The van der Waals surface area contributed by atoms with E-state index >= 15 is 0 Å². The van der Waals surface area contributed by atoms with Gasteiger partial charge in [0.15, 0.2) is 0 Å². The van der Waals surface area contributed by atoms with E-state index in [-0.39, 0.29) is 22.5 Å². The molecule has 0 atom stereocenters. The Balaban J connectivity index is 1.27. The smallest absolute Gasteiger partial charge is 0.339 e. The van der Waals surface area contributed by atoms with Crippen LogP contribution in [0.15, 0.2) is 70.2 Å².